The third-order valence-electron chi connectivity index (χ3n) is 3.81. The molecule has 7 heteroatoms. The first-order valence-electron chi connectivity index (χ1n) is 6.17. The summed E-state index contributed by atoms with van der Waals surface area (Å²) in [5.74, 6) is -0.978. The van der Waals surface area contributed by atoms with Crippen molar-refractivity contribution in [2.75, 3.05) is 26.0 Å². The Bertz CT molecular complexity index is 421. The first kappa shape index (κ1) is 13.8. The number of sulfone groups is 1. The summed E-state index contributed by atoms with van der Waals surface area (Å²) in [6, 6.07) is -0.0502. The summed E-state index contributed by atoms with van der Waals surface area (Å²) in [4.78, 5) is 12.9. The van der Waals surface area contributed by atoms with Gasteiger partial charge in [-0.05, 0) is 12.8 Å². The van der Waals surface area contributed by atoms with Gasteiger partial charge in [0.25, 0.3) is 0 Å². The average molecular weight is 277 g/mol. The molecule has 2 aliphatic rings. The summed E-state index contributed by atoms with van der Waals surface area (Å²) in [5, 5.41) is 8.60. The predicted molar refractivity (Wildman–Crippen MR) is 65.2 cm³/mol. The number of rotatable bonds is 3. The van der Waals surface area contributed by atoms with Gasteiger partial charge in [0.05, 0.1) is 11.9 Å². The Morgan fingerprint density at radius 2 is 2.11 bits per heavy atom. The molecular formula is C11H19NO5S. The van der Waals surface area contributed by atoms with E-state index in [4.69, 9.17) is 9.84 Å². The Balaban J connectivity index is 2.08. The van der Waals surface area contributed by atoms with Gasteiger partial charge in [0.15, 0.2) is 15.9 Å². The smallest absolute Gasteiger partial charge is 0.334 e. The summed E-state index contributed by atoms with van der Waals surface area (Å²) in [6.45, 7) is 1.25. The molecule has 6 nitrogen and oxygen atoms in total. The molecule has 1 saturated carbocycles. The van der Waals surface area contributed by atoms with Crippen molar-refractivity contribution >= 4 is 15.8 Å². The van der Waals surface area contributed by atoms with Gasteiger partial charge in [-0.15, -0.1) is 0 Å². The highest BCUT2D eigenvalue weighted by Crippen LogP contribution is 2.30. The number of morpholine rings is 1. The fraction of sp³-hybridized carbons (Fsp3) is 0.909. The van der Waals surface area contributed by atoms with E-state index < -0.39 is 21.9 Å². The first-order valence-corrected chi connectivity index (χ1v) is 8.12. The monoisotopic (exact) mass is 277 g/mol. The normalized spacial score (nSPS) is 34.6. The van der Waals surface area contributed by atoms with Crippen molar-refractivity contribution in [3.8, 4) is 0 Å². The lowest BCUT2D eigenvalue weighted by atomic mass is 10.1. The first-order chi connectivity index (χ1) is 8.39. The molecule has 1 heterocycles. The minimum atomic E-state index is -3.07. The highest BCUT2D eigenvalue weighted by Gasteiger charge is 2.40. The minimum Gasteiger partial charge on any atom is -0.479 e. The summed E-state index contributed by atoms with van der Waals surface area (Å²) in [5.41, 5.74) is 0. The molecule has 3 unspecified atom stereocenters. The van der Waals surface area contributed by atoms with Crippen molar-refractivity contribution in [3.63, 3.8) is 0 Å². The Morgan fingerprint density at radius 3 is 2.72 bits per heavy atom. The molecule has 0 aromatic carbocycles. The Hall–Kier alpha value is -0.660. The van der Waals surface area contributed by atoms with Crippen LogP contribution in [0.2, 0.25) is 0 Å². The molecule has 18 heavy (non-hydrogen) atoms. The molecule has 0 bridgehead atoms. The van der Waals surface area contributed by atoms with Gasteiger partial charge in [-0.2, -0.15) is 0 Å². The van der Waals surface area contributed by atoms with Gasteiger partial charge < -0.3 is 9.84 Å². The van der Waals surface area contributed by atoms with Crippen LogP contribution in [0, 0.1) is 0 Å². The quantitative estimate of drug-likeness (QED) is 0.765. The number of carboxylic acids is 1. The maximum absolute atomic E-state index is 11.7. The summed E-state index contributed by atoms with van der Waals surface area (Å²) < 4.78 is 28.6. The lowest BCUT2D eigenvalue weighted by Crippen LogP contribution is -2.53. The van der Waals surface area contributed by atoms with Crippen molar-refractivity contribution < 1.29 is 23.1 Å². The van der Waals surface area contributed by atoms with Gasteiger partial charge >= 0.3 is 5.97 Å². The van der Waals surface area contributed by atoms with E-state index in [0.29, 0.717) is 19.6 Å². The number of ether oxygens (including phenoxy) is 1. The van der Waals surface area contributed by atoms with Gasteiger partial charge in [0, 0.05) is 25.4 Å². The third kappa shape index (κ3) is 2.84. The van der Waals surface area contributed by atoms with Gasteiger partial charge in [-0.3, -0.25) is 4.90 Å². The standard InChI is InChI=1S/C11H19NO5S/c1-18(15,16)10-4-2-3-8(10)12-5-6-17-9(7-12)11(13)14/h8-10H,2-7H2,1H3,(H,13,14). The highest BCUT2D eigenvalue weighted by molar-refractivity contribution is 7.91. The molecule has 2 fully saturated rings. The highest BCUT2D eigenvalue weighted by atomic mass is 32.2. The maximum Gasteiger partial charge on any atom is 0.334 e. The van der Waals surface area contributed by atoms with E-state index in [0.717, 1.165) is 12.8 Å². The van der Waals surface area contributed by atoms with Crippen LogP contribution in [0.1, 0.15) is 19.3 Å². The SMILES string of the molecule is CS(=O)(=O)C1CCCC1N1CCOC(C(=O)O)C1. The van der Waals surface area contributed by atoms with Gasteiger partial charge in [-0.25, -0.2) is 13.2 Å². The summed E-state index contributed by atoms with van der Waals surface area (Å²) >= 11 is 0. The van der Waals surface area contributed by atoms with Crippen molar-refractivity contribution in [3.05, 3.63) is 0 Å². The van der Waals surface area contributed by atoms with E-state index in [1.165, 1.54) is 6.26 Å². The third-order valence-corrected chi connectivity index (χ3v) is 5.46. The molecule has 104 valence electrons. The molecule has 1 saturated heterocycles. The van der Waals surface area contributed by atoms with Crippen molar-refractivity contribution in [2.24, 2.45) is 0 Å². The molecule has 1 N–H and O–H groups in total. The molecule has 0 amide bonds. The lowest BCUT2D eigenvalue weighted by Gasteiger charge is -2.37. The number of aliphatic carboxylic acids is 1. The van der Waals surface area contributed by atoms with E-state index in [1.807, 2.05) is 4.90 Å². The maximum atomic E-state index is 11.7. The second-order valence-electron chi connectivity index (χ2n) is 5.06. The Morgan fingerprint density at radius 1 is 1.39 bits per heavy atom. The van der Waals surface area contributed by atoms with E-state index >= 15 is 0 Å². The molecule has 0 radical (unpaired) electrons. The second kappa shape index (κ2) is 5.14. The van der Waals surface area contributed by atoms with E-state index in [2.05, 4.69) is 0 Å². The fourth-order valence-corrected chi connectivity index (χ4v) is 4.42. The van der Waals surface area contributed by atoms with Crippen LogP contribution in [-0.2, 0) is 19.4 Å². The Kier molecular flexibility index (Phi) is 3.93. The van der Waals surface area contributed by atoms with Crippen LogP contribution in [-0.4, -0.2) is 67.7 Å². The molecule has 2 rings (SSSR count). The molecule has 1 aliphatic heterocycles. The number of hydrogen-bond donors (Lipinski definition) is 1. The zero-order valence-electron chi connectivity index (χ0n) is 10.4. The van der Waals surface area contributed by atoms with Crippen LogP contribution < -0.4 is 0 Å². The van der Waals surface area contributed by atoms with E-state index in [9.17, 15) is 13.2 Å². The Labute approximate surface area is 107 Å². The van der Waals surface area contributed by atoms with Gasteiger partial charge in [0.2, 0.25) is 0 Å². The summed E-state index contributed by atoms with van der Waals surface area (Å²) in [7, 11) is -3.07. The average Bonchev–Trinajstić information content (AvgIpc) is 2.77. The fourth-order valence-electron chi connectivity index (χ4n) is 2.94. The van der Waals surface area contributed by atoms with Crippen LogP contribution in [0.25, 0.3) is 0 Å². The number of hydrogen-bond acceptors (Lipinski definition) is 5. The molecule has 3 atom stereocenters. The molecule has 1 aliphatic carbocycles. The molecular weight excluding hydrogens is 258 g/mol. The van der Waals surface area contributed by atoms with Crippen molar-refractivity contribution in [1.29, 1.82) is 0 Å². The van der Waals surface area contributed by atoms with Crippen molar-refractivity contribution in [2.45, 2.75) is 36.7 Å². The van der Waals surface area contributed by atoms with Crippen LogP contribution in [0.5, 0.6) is 0 Å². The zero-order valence-corrected chi connectivity index (χ0v) is 11.2. The predicted octanol–water partition coefficient (Wildman–Crippen LogP) is -0.262. The van der Waals surface area contributed by atoms with Crippen LogP contribution in [0.15, 0.2) is 0 Å². The molecule has 0 spiro atoms. The zero-order chi connectivity index (χ0) is 13.3. The van der Waals surface area contributed by atoms with Crippen LogP contribution >= 0.6 is 0 Å². The number of nitrogens with zero attached hydrogens (tertiary/aromatic N) is 1. The van der Waals surface area contributed by atoms with Crippen LogP contribution in [0.3, 0.4) is 0 Å². The topological polar surface area (TPSA) is 83.9 Å². The second-order valence-corrected chi connectivity index (χ2v) is 7.32. The van der Waals surface area contributed by atoms with Crippen LogP contribution in [0.4, 0.5) is 0 Å². The van der Waals surface area contributed by atoms with Crippen molar-refractivity contribution in [1.82, 2.24) is 4.90 Å². The van der Waals surface area contributed by atoms with E-state index in [1.54, 1.807) is 0 Å². The lowest BCUT2D eigenvalue weighted by molar-refractivity contribution is -0.157. The van der Waals surface area contributed by atoms with Gasteiger partial charge in [-0.1, -0.05) is 6.42 Å². The molecule has 0 aromatic heterocycles. The minimum absolute atomic E-state index is 0.0502. The van der Waals surface area contributed by atoms with Gasteiger partial charge in [0.1, 0.15) is 0 Å². The number of carbonyl (C=O) groups is 1. The summed E-state index contributed by atoms with van der Waals surface area (Å²) in [6.07, 6.45) is 2.82. The largest absolute Gasteiger partial charge is 0.479 e. The van der Waals surface area contributed by atoms with E-state index in [-0.39, 0.29) is 17.8 Å². The number of carboxylic acid groups (broad SMARTS) is 1. The molecule has 0 aromatic rings.